The molecule has 1 aliphatic heterocycles. The third kappa shape index (κ3) is 7.17. The first-order chi connectivity index (χ1) is 7.93. The Kier molecular flexibility index (Phi) is 8.71. The van der Waals surface area contributed by atoms with Gasteiger partial charge in [0.1, 0.15) is 0 Å². The van der Waals surface area contributed by atoms with Crippen LogP contribution in [0.3, 0.4) is 0 Å². The minimum Gasteiger partial charge on any atom is -0.315 e. The molecule has 96 valence electrons. The highest BCUT2D eigenvalue weighted by atomic mass is 15.3. The third-order valence-corrected chi connectivity index (χ3v) is 3.01. The molecule has 16 heavy (non-hydrogen) atoms. The molecule has 0 unspecified atom stereocenters. The first kappa shape index (κ1) is 13.9. The number of piperidine rings is 1. The quantitative estimate of drug-likeness (QED) is 0.398. The van der Waals surface area contributed by atoms with E-state index >= 15 is 0 Å². The minimum atomic E-state index is 0.988. The van der Waals surface area contributed by atoms with E-state index in [0.29, 0.717) is 0 Å². The molecule has 0 aromatic carbocycles. The molecule has 1 rings (SSSR count). The van der Waals surface area contributed by atoms with Crippen molar-refractivity contribution in [3.05, 3.63) is 0 Å². The van der Waals surface area contributed by atoms with Crippen LogP contribution in [0, 0.1) is 0 Å². The first-order valence-electron chi connectivity index (χ1n) is 6.82. The minimum absolute atomic E-state index is 0.988. The Balaban J connectivity index is 1.77. The molecule has 0 atom stereocenters. The summed E-state index contributed by atoms with van der Waals surface area (Å²) in [6, 6.07) is 0. The number of likely N-dealkylation sites (tertiary alicyclic amines) is 1. The average molecular weight is 228 g/mol. The van der Waals surface area contributed by atoms with E-state index < -0.39 is 0 Å². The van der Waals surface area contributed by atoms with Crippen LogP contribution < -0.4 is 16.2 Å². The lowest BCUT2D eigenvalue weighted by atomic mass is 10.1. The molecule has 1 heterocycles. The van der Waals surface area contributed by atoms with Gasteiger partial charge in [-0.05, 0) is 38.9 Å². The molecular formula is C12H28N4. The summed E-state index contributed by atoms with van der Waals surface area (Å²) in [6.45, 7) is 10.2. The second-order valence-corrected chi connectivity index (χ2v) is 4.46. The van der Waals surface area contributed by atoms with E-state index in [9.17, 15) is 0 Å². The van der Waals surface area contributed by atoms with E-state index in [4.69, 9.17) is 0 Å². The molecule has 0 aromatic heterocycles. The summed E-state index contributed by atoms with van der Waals surface area (Å²) >= 11 is 0. The van der Waals surface area contributed by atoms with E-state index in [1.807, 2.05) is 0 Å². The predicted octanol–water partition coefficient (Wildman–Crippen LogP) is 0.566. The van der Waals surface area contributed by atoms with Crippen molar-refractivity contribution in [2.75, 3.05) is 45.8 Å². The predicted molar refractivity (Wildman–Crippen MR) is 69.5 cm³/mol. The lowest BCUT2D eigenvalue weighted by Gasteiger charge is -2.26. The van der Waals surface area contributed by atoms with Gasteiger partial charge in [-0.25, -0.2) is 0 Å². The summed E-state index contributed by atoms with van der Waals surface area (Å²) in [5, 5.41) is 3.50. The highest BCUT2D eigenvalue weighted by molar-refractivity contribution is 4.65. The standard InChI is InChI=1S/C12H28N4/c1-2-14-15-8-6-7-13-9-12-16-10-4-3-5-11-16/h13-15H,2-12H2,1H3. The Morgan fingerprint density at radius 1 is 0.938 bits per heavy atom. The van der Waals surface area contributed by atoms with E-state index in [0.717, 1.165) is 26.2 Å². The fourth-order valence-electron chi connectivity index (χ4n) is 2.06. The van der Waals surface area contributed by atoms with Crippen LogP contribution in [-0.2, 0) is 0 Å². The Bertz CT molecular complexity index is 146. The van der Waals surface area contributed by atoms with Crippen LogP contribution >= 0.6 is 0 Å². The van der Waals surface area contributed by atoms with Crippen molar-refractivity contribution in [1.82, 2.24) is 21.1 Å². The summed E-state index contributed by atoms with van der Waals surface area (Å²) in [7, 11) is 0. The van der Waals surface area contributed by atoms with E-state index in [2.05, 4.69) is 28.0 Å². The molecule has 0 spiro atoms. The highest BCUT2D eigenvalue weighted by Gasteiger charge is 2.08. The number of rotatable bonds is 9. The molecular weight excluding hydrogens is 200 g/mol. The van der Waals surface area contributed by atoms with Gasteiger partial charge in [0.2, 0.25) is 0 Å². The molecule has 0 saturated carbocycles. The number of hydrogen-bond donors (Lipinski definition) is 3. The third-order valence-electron chi connectivity index (χ3n) is 3.01. The largest absolute Gasteiger partial charge is 0.315 e. The number of nitrogens with zero attached hydrogens (tertiary/aromatic N) is 1. The van der Waals surface area contributed by atoms with Gasteiger partial charge < -0.3 is 10.2 Å². The fraction of sp³-hybridized carbons (Fsp3) is 1.00. The summed E-state index contributed by atoms with van der Waals surface area (Å²) < 4.78 is 0. The summed E-state index contributed by atoms with van der Waals surface area (Å²) in [6.07, 6.45) is 5.41. The molecule has 3 N–H and O–H groups in total. The van der Waals surface area contributed by atoms with Gasteiger partial charge in [-0.2, -0.15) is 0 Å². The molecule has 4 heteroatoms. The Morgan fingerprint density at radius 3 is 2.50 bits per heavy atom. The van der Waals surface area contributed by atoms with Crippen LogP contribution in [0.2, 0.25) is 0 Å². The average Bonchev–Trinajstić information content (AvgIpc) is 2.34. The van der Waals surface area contributed by atoms with E-state index in [1.165, 1.54) is 45.3 Å². The van der Waals surface area contributed by atoms with Crippen LogP contribution in [0.25, 0.3) is 0 Å². The molecule has 0 aliphatic carbocycles. The maximum absolute atomic E-state index is 3.50. The number of hydrazine groups is 1. The van der Waals surface area contributed by atoms with Crippen molar-refractivity contribution in [1.29, 1.82) is 0 Å². The molecule has 0 aromatic rings. The van der Waals surface area contributed by atoms with Gasteiger partial charge in [-0.3, -0.25) is 10.9 Å². The molecule has 1 aliphatic rings. The highest BCUT2D eigenvalue weighted by Crippen LogP contribution is 2.07. The maximum atomic E-state index is 3.50. The van der Waals surface area contributed by atoms with Crippen molar-refractivity contribution in [2.45, 2.75) is 32.6 Å². The second-order valence-electron chi connectivity index (χ2n) is 4.46. The normalized spacial score (nSPS) is 17.8. The molecule has 0 amide bonds. The molecule has 4 nitrogen and oxygen atoms in total. The van der Waals surface area contributed by atoms with Crippen LogP contribution in [-0.4, -0.2) is 50.7 Å². The smallest absolute Gasteiger partial charge is 0.0112 e. The maximum Gasteiger partial charge on any atom is 0.0112 e. The lowest BCUT2D eigenvalue weighted by Crippen LogP contribution is -2.37. The summed E-state index contributed by atoms with van der Waals surface area (Å²) in [4.78, 5) is 2.58. The monoisotopic (exact) mass is 228 g/mol. The van der Waals surface area contributed by atoms with Crippen LogP contribution in [0.4, 0.5) is 0 Å². The van der Waals surface area contributed by atoms with Crippen LogP contribution in [0.15, 0.2) is 0 Å². The molecule has 0 radical (unpaired) electrons. The molecule has 1 saturated heterocycles. The van der Waals surface area contributed by atoms with Gasteiger partial charge in [0, 0.05) is 26.2 Å². The van der Waals surface area contributed by atoms with Crippen LogP contribution in [0.5, 0.6) is 0 Å². The molecule has 0 bridgehead atoms. The van der Waals surface area contributed by atoms with Crippen molar-refractivity contribution in [2.24, 2.45) is 0 Å². The zero-order valence-corrected chi connectivity index (χ0v) is 10.7. The number of nitrogens with one attached hydrogen (secondary N) is 3. The van der Waals surface area contributed by atoms with E-state index in [-0.39, 0.29) is 0 Å². The van der Waals surface area contributed by atoms with Crippen molar-refractivity contribution >= 4 is 0 Å². The van der Waals surface area contributed by atoms with Crippen molar-refractivity contribution in [3.63, 3.8) is 0 Å². The van der Waals surface area contributed by atoms with Gasteiger partial charge in [0.15, 0.2) is 0 Å². The Labute approximate surface area is 100 Å². The Hall–Kier alpha value is -0.160. The Morgan fingerprint density at radius 2 is 1.75 bits per heavy atom. The topological polar surface area (TPSA) is 39.3 Å². The molecule has 1 fully saturated rings. The van der Waals surface area contributed by atoms with Crippen molar-refractivity contribution in [3.8, 4) is 0 Å². The van der Waals surface area contributed by atoms with Gasteiger partial charge in [0.05, 0.1) is 0 Å². The van der Waals surface area contributed by atoms with Crippen molar-refractivity contribution < 1.29 is 0 Å². The van der Waals surface area contributed by atoms with Gasteiger partial charge in [-0.15, -0.1) is 0 Å². The number of hydrogen-bond acceptors (Lipinski definition) is 4. The fourth-order valence-corrected chi connectivity index (χ4v) is 2.06. The van der Waals surface area contributed by atoms with Crippen LogP contribution in [0.1, 0.15) is 32.6 Å². The SMILES string of the molecule is CCNNCCCNCCN1CCCCC1. The zero-order chi connectivity index (χ0) is 11.5. The van der Waals surface area contributed by atoms with Gasteiger partial charge in [0.25, 0.3) is 0 Å². The van der Waals surface area contributed by atoms with E-state index in [1.54, 1.807) is 0 Å². The summed E-state index contributed by atoms with van der Waals surface area (Å²) in [5.41, 5.74) is 6.28. The zero-order valence-electron chi connectivity index (χ0n) is 10.7. The lowest BCUT2D eigenvalue weighted by molar-refractivity contribution is 0.229. The van der Waals surface area contributed by atoms with Gasteiger partial charge in [-0.1, -0.05) is 13.3 Å². The second kappa shape index (κ2) is 10.0. The summed E-state index contributed by atoms with van der Waals surface area (Å²) in [5.74, 6) is 0. The van der Waals surface area contributed by atoms with Gasteiger partial charge >= 0.3 is 0 Å². The first-order valence-corrected chi connectivity index (χ1v) is 6.82.